The van der Waals surface area contributed by atoms with Gasteiger partial charge in [0.25, 0.3) is 5.91 Å². The van der Waals surface area contributed by atoms with Crippen molar-refractivity contribution in [3.63, 3.8) is 0 Å². The number of carbonyl (C=O) groups is 3. The number of benzene rings is 2. The molecule has 0 bridgehead atoms. The fraction of sp³-hybridized carbons (Fsp3) is 0.286. The van der Waals surface area contributed by atoms with Crippen LogP contribution in [0.5, 0.6) is 0 Å². The highest BCUT2D eigenvalue weighted by molar-refractivity contribution is 5.95. The zero-order valence-electron chi connectivity index (χ0n) is 14.9. The Morgan fingerprint density at radius 2 is 1.67 bits per heavy atom. The van der Waals surface area contributed by atoms with Gasteiger partial charge in [0.05, 0.1) is 12.5 Å². The fourth-order valence-electron chi connectivity index (χ4n) is 3.38. The Labute approximate surface area is 157 Å². The topological polar surface area (TPSA) is 86.7 Å². The molecule has 1 aliphatic rings. The summed E-state index contributed by atoms with van der Waals surface area (Å²) in [5.74, 6) is -1.51. The summed E-state index contributed by atoms with van der Waals surface area (Å²) < 4.78 is 0. The Bertz CT molecular complexity index is 807. The molecule has 140 valence electrons. The smallest absolute Gasteiger partial charge is 0.326 e. The fourth-order valence-corrected chi connectivity index (χ4v) is 3.38. The van der Waals surface area contributed by atoms with Gasteiger partial charge in [-0.05, 0) is 30.5 Å². The number of hydrogen-bond donors (Lipinski definition) is 2. The van der Waals surface area contributed by atoms with Gasteiger partial charge < -0.3 is 15.3 Å². The number of rotatable bonds is 6. The largest absolute Gasteiger partial charge is 0.480 e. The molecule has 1 aliphatic heterocycles. The summed E-state index contributed by atoms with van der Waals surface area (Å²) >= 11 is 0. The highest BCUT2D eigenvalue weighted by Crippen LogP contribution is 2.23. The molecule has 1 saturated heterocycles. The van der Waals surface area contributed by atoms with Crippen molar-refractivity contribution in [2.75, 3.05) is 6.54 Å². The van der Waals surface area contributed by atoms with Crippen molar-refractivity contribution in [1.82, 2.24) is 10.2 Å². The third-order valence-electron chi connectivity index (χ3n) is 4.78. The average molecular weight is 366 g/mol. The SMILES string of the molecule is O=C(NC(CC(=O)N1CCC[C@@H]1C(=O)O)c1ccccc1)c1ccccc1. The molecule has 2 atom stereocenters. The van der Waals surface area contributed by atoms with E-state index in [9.17, 15) is 19.5 Å². The van der Waals surface area contributed by atoms with E-state index in [1.807, 2.05) is 36.4 Å². The quantitative estimate of drug-likeness (QED) is 0.823. The summed E-state index contributed by atoms with van der Waals surface area (Å²) in [6.07, 6.45) is 1.16. The molecule has 27 heavy (non-hydrogen) atoms. The van der Waals surface area contributed by atoms with Crippen LogP contribution >= 0.6 is 0 Å². The Hall–Kier alpha value is -3.15. The molecule has 2 N–H and O–H groups in total. The molecule has 2 aromatic rings. The minimum absolute atomic E-state index is 0.0202. The summed E-state index contributed by atoms with van der Waals surface area (Å²) in [7, 11) is 0. The lowest BCUT2D eigenvalue weighted by molar-refractivity contribution is -0.148. The number of likely N-dealkylation sites (tertiary alicyclic amines) is 1. The second kappa shape index (κ2) is 8.49. The molecular formula is C21H22N2O4. The predicted molar refractivity (Wildman–Crippen MR) is 100 cm³/mol. The van der Waals surface area contributed by atoms with Gasteiger partial charge in [0.1, 0.15) is 6.04 Å². The average Bonchev–Trinajstić information content (AvgIpc) is 3.19. The maximum atomic E-state index is 12.8. The number of aliphatic carboxylic acids is 1. The minimum Gasteiger partial charge on any atom is -0.480 e. The molecule has 6 heteroatoms. The Morgan fingerprint density at radius 1 is 1.04 bits per heavy atom. The molecule has 2 aromatic carbocycles. The second-order valence-corrected chi connectivity index (χ2v) is 6.59. The maximum absolute atomic E-state index is 12.8. The van der Waals surface area contributed by atoms with Crippen molar-refractivity contribution in [3.8, 4) is 0 Å². The summed E-state index contributed by atoms with van der Waals surface area (Å²) in [4.78, 5) is 38.1. The zero-order valence-corrected chi connectivity index (χ0v) is 14.9. The Kier molecular flexibility index (Phi) is 5.86. The van der Waals surface area contributed by atoms with Crippen LogP contribution in [-0.2, 0) is 9.59 Å². The van der Waals surface area contributed by atoms with Crippen LogP contribution in [0.15, 0.2) is 60.7 Å². The number of carboxylic acids is 1. The number of amides is 2. The van der Waals surface area contributed by atoms with Crippen LogP contribution in [0, 0.1) is 0 Å². The summed E-state index contributed by atoms with van der Waals surface area (Å²) in [5, 5.41) is 12.2. The first-order valence-electron chi connectivity index (χ1n) is 8.99. The summed E-state index contributed by atoms with van der Waals surface area (Å²) in [5.41, 5.74) is 1.32. The van der Waals surface area contributed by atoms with Gasteiger partial charge in [0.2, 0.25) is 5.91 Å². The van der Waals surface area contributed by atoms with Gasteiger partial charge in [-0.15, -0.1) is 0 Å². The second-order valence-electron chi connectivity index (χ2n) is 6.59. The van der Waals surface area contributed by atoms with Gasteiger partial charge in [0, 0.05) is 12.1 Å². The van der Waals surface area contributed by atoms with Crippen LogP contribution in [0.25, 0.3) is 0 Å². The first-order valence-corrected chi connectivity index (χ1v) is 8.99. The van der Waals surface area contributed by atoms with Gasteiger partial charge in [-0.25, -0.2) is 4.79 Å². The number of nitrogens with one attached hydrogen (secondary N) is 1. The van der Waals surface area contributed by atoms with Gasteiger partial charge in [-0.1, -0.05) is 48.5 Å². The van der Waals surface area contributed by atoms with Crippen molar-refractivity contribution in [1.29, 1.82) is 0 Å². The van der Waals surface area contributed by atoms with Crippen molar-refractivity contribution in [3.05, 3.63) is 71.8 Å². The first-order chi connectivity index (χ1) is 13.1. The van der Waals surface area contributed by atoms with E-state index in [1.165, 1.54) is 4.90 Å². The molecular weight excluding hydrogens is 344 g/mol. The van der Waals surface area contributed by atoms with Gasteiger partial charge in [-0.3, -0.25) is 9.59 Å². The molecule has 0 aromatic heterocycles. The monoisotopic (exact) mass is 366 g/mol. The van der Waals surface area contributed by atoms with Crippen LogP contribution in [0.3, 0.4) is 0 Å². The number of carboxylic acid groups (broad SMARTS) is 1. The van der Waals surface area contributed by atoms with Crippen molar-refractivity contribution in [2.45, 2.75) is 31.3 Å². The third-order valence-corrected chi connectivity index (χ3v) is 4.78. The van der Waals surface area contributed by atoms with Crippen molar-refractivity contribution >= 4 is 17.8 Å². The lowest BCUT2D eigenvalue weighted by Crippen LogP contribution is -2.42. The Balaban J connectivity index is 1.77. The van der Waals surface area contributed by atoms with E-state index in [0.29, 0.717) is 24.9 Å². The highest BCUT2D eigenvalue weighted by atomic mass is 16.4. The molecule has 3 rings (SSSR count). The molecule has 1 heterocycles. The van der Waals surface area contributed by atoms with Crippen molar-refractivity contribution < 1.29 is 19.5 Å². The first kappa shape index (κ1) is 18.6. The summed E-state index contributed by atoms with van der Waals surface area (Å²) in [6.45, 7) is 0.434. The van der Waals surface area contributed by atoms with Gasteiger partial charge in [0.15, 0.2) is 0 Å². The third kappa shape index (κ3) is 4.53. The molecule has 6 nitrogen and oxygen atoms in total. The van der Waals surface area contributed by atoms with E-state index < -0.39 is 18.1 Å². The standard InChI is InChI=1S/C21H22N2O4/c24-19(23-13-7-12-18(23)21(26)27)14-17(15-8-3-1-4-9-15)22-20(25)16-10-5-2-6-11-16/h1-6,8-11,17-18H,7,12-14H2,(H,22,25)(H,26,27)/t17?,18-/m1/s1. The van der Waals surface area contributed by atoms with Crippen LogP contribution in [0.2, 0.25) is 0 Å². The number of hydrogen-bond acceptors (Lipinski definition) is 3. The van der Waals surface area contributed by atoms with Gasteiger partial charge in [-0.2, -0.15) is 0 Å². The molecule has 2 amide bonds. The lowest BCUT2D eigenvalue weighted by atomic mass is 10.0. The van der Waals surface area contributed by atoms with E-state index in [-0.39, 0.29) is 18.2 Å². The van der Waals surface area contributed by atoms with E-state index in [4.69, 9.17) is 0 Å². The minimum atomic E-state index is -0.981. The predicted octanol–water partition coefficient (Wildman–Crippen LogP) is 2.62. The van der Waals surface area contributed by atoms with Crippen LogP contribution in [0.4, 0.5) is 0 Å². The maximum Gasteiger partial charge on any atom is 0.326 e. The van der Waals surface area contributed by atoms with Crippen LogP contribution in [-0.4, -0.2) is 40.4 Å². The Morgan fingerprint density at radius 3 is 2.30 bits per heavy atom. The molecule has 1 unspecified atom stereocenters. The number of nitrogens with zero attached hydrogens (tertiary/aromatic N) is 1. The molecule has 0 aliphatic carbocycles. The normalized spacial score (nSPS) is 17.3. The molecule has 0 saturated carbocycles. The van der Waals surface area contributed by atoms with E-state index >= 15 is 0 Å². The van der Waals surface area contributed by atoms with E-state index in [0.717, 1.165) is 5.56 Å². The highest BCUT2D eigenvalue weighted by Gasteiger charge is 2.35. The van der Waals surface area contributed by atoms with Crippen LogP contribution < -0.4 is 5.32 Å². The lowest BCUT2D eigenvalue weighted by Gasteiger charge is -2.25. The van der Waals surface area contributed by atoms with E-state index in [2.05, 4.69) is 5.32 Å². The summed E-state index contributed by atoms with van der Waals surface area (Å²) in [6, 6.07) is 16.7. The van der Waals surface area contributed by atoms with Crippen LogP contribution in [0.1, 0.15) is 41.2 Å². The number of carbonyl (C=O) groups excluding carboxylic acids is 2. The van der Waals surface area contributed by atoms with Crippen molar-refractivity contribution in [2.24, 2.45) is 0 Å². The zero-order chi connectivity index (χ0) is 19.2. The molecule has 0 spiro atoms. The van der Waals surface area contributed by atoms with E-state index in [1.54, 1.807) is 24.3 Å². The molecule has 1 fully saturated rings. The van der Waals surface area contributed by atoms with Gasteiger partial charge >= 0.3 is 5.97 Å². The molecule has 0 radical (unpaired) electrons.